The van der Waals surface area contributed by atoms with E-state index in [2.05, 4.69) is 10.3 Å². The van der Waals surface area contributed by atoms with Crippen molar-refractivity contribution in [3.8, 4) is 11.3 Å². The number of amides is 1. The summed E-state index contributed by atoms with van der Waals surface area (Å²) < 4.78 is 0. The second-order valence-corrected chi connectivity index (χ2v) is 6.76. The van der Waals surface area contributed by atoms with Gasteiger partial charge in [-0.3, -0.25) is 10.1 Å². The minimum absolute atomic E-state index is 0.193. The van der Waals surface area contributed by atoms with Gasteiger partial charge in [-0.2, -0.15) is 0 Å². The monoisotopic (exact) mass is 364 g/mol. The van der Waals surface area contributed by atoms with Crippen LogP contribution in [-0.2, 0) is 0 Å². The van der Waals surface area contributed by atoms with Crippen molar-refractivity contribution in [1.29, 1.82) is 0 Å². The van der Waals surface area contributed by atoms with Gasteiger partial charge in [-0.1, -0.05) is 66.2 Å². The molecule has 1 aromatic heterocycles. The fourth-order valence-corrected chi connectivity index (χ4v) is 3.66. The molecule has 25 heavy (non-hydrogen) atoms. The highest BCUT2D eigenvalue weighted by Gasteiger charge is 2.13. The second-order valence-electron chi connectivity index (χ2n) is 5.50. The van der Waals surface area contributed by atoms with Crippen LogP contribution in [0.15, 0.2) is 72.1 Å². The van der Waals surface area contributed by atoms with Gasteiger partial charge in [0.25, 0.3) is 5.91 Å². The standard InChI is InChI=1S/C20H13ClN2OS/c21-17-11-5-8-14-15(17)9-4-10-16(14)19(24)23-20-22-18(12-25-20)13-6-2-1-3-7-13/h1-12H,(H,22,23,24). The molecule has 0 atom stereocenters. The van der Waals surface area contributed by atoms with Gasteiger partial charge >= 0.3 is 0 Å². The first-order valence-electron chi connectivity index (χ1n) is 7.72. The van der Waals surface area contributed by atoms with Crippen molar-refractivity contribution in [2.45, 2.75) is 0 Å². The first kappa shape index (κ1) is 15.8. The molecule has 0 bridgehead atoms. The van der Waals surface area contributed by atoms with Gasteiger partial charge < -0.3 is 0 Å². The highest BCUT2D eigenvalue weighted by Crippen LogP contribution is 2.28. The van der Waals surface area contributed by atoms with Crippen molar-refractivity contribution >= 4 is 44.7 Å². The molecule has 0 spiro atoms. The third-order valence-corrected chi connectivity index (χ3v) is 5.00. The molecule has 0 fully saturated rings. The third kappa shape index (κ3) is 3.14. The zero-order valence-corrected chi connectivity index (χ0v) is 14.6. The van der Waals surface area contributed by atoms with E-state index in [4.69, 9.17) is 11.6 Å². The largest absolute Gasteiger partial charge is 0.298 e. The maximum absolute atomic E-state index is 12.7. The van der Waals surface area contributed by atoms with E-state index in [1.54, 1.807) is 6.07 Å². The number of carbonyl (C=O) groups is 1. The number of thiazole rings is 1. The smallest absolute Gasteiger partial charge is 0.258 e. The predicted molar refractivity (Wildman–Crippen MR) is 104 cm³/mol. The quantitative estimate of drug-likeness (QED) is 0.494. The summed E-state index contributed by atoms with van der Waals surface area (Å²) in [7, 11) is 0. The van der Waals surface area contributed by atoms with Gasteiger partial charge in [-0.25, -0.2) is 4.98 Å². The topological polar surface area (TPSA) is 42.0 Å². The van der Waals surface area contributed by atoms with Crippen molar-refractivity contribution in [2.24, 2.45) is 0 Å². The average molecular weight is 365 g/mol. The maximum atomic E-state index is 12.7. The minimum Gasteiger partial charge on any atom is -0.298 e. The Morgan fingerprint density at radius 2 is 1.68 bits per heavy atom. The first-order chi connectivity index (χ1) is 12.2. The highest BCUT2D eigenvalue weighted by atomic mass is 35.5. The van der Waals surface area contributed by atoms with E-state index in [-0.39, 0.29) is 5.91 Å². The van der Waals surface area contributed by atoms with Gasteiger partial charge in [-0.05, 0) is 17.5 Å². The summed E-state index contributed by atoms with van der Waals surface area (Å²) in [6.07, 6.45) is 0. The summed E-state index contributed by atoms with van der Waals surface area (Å²) in [5, 5.41) is 7.71. The zero-order valence-electron chi connectivity index (χ0n) is 13.1. The van der Waals surface area contributed by atoms with E-state index < -0.39 is 0 Å². The molecule has 0 aliphatic carbocycles. The molecular formula is C20H13ClN2OS. The van der Waals surface area contributed by atoms with Gasteiger partial charge in [0.15, 0.2) is 5.13 Å². The van der Waals surface area contributed by atoms with Crippen molar-refractivity contribution in [3.63, 3.8) is 0 Å². The summed E-state index contributed by atoms with van der Waals surface area (Å²) in [4.78, 5) is 17.2. The van der Waals surface area contributed by atoms with E-state index in [0.29, 0.717) is 15.7 Å². The number of nitrogens with one attached hydrogen (secondary N) is 1. The minimum atomic E-state index is -0.193. The fraction of sp³-hybridized carbons (Fsp3) is 0. The summed E-state index contributed by atoms with van der Waals surface area (Å²) in [5.74, 6) is -0.193. The third-order valence-electron chi connectivity index (χ3n) is 3.91. The van der Waals surface area contributed by atoms with Crippen LogP contribution in [0, 0.1) is 0 Å². The number of hydrogen-bond donors (Lipinski definition) is 1. The number of aromatic nitrogens is 1. The van der Waals surface area contributed by atoms with Crippen LogP contribution in [0.5, 0.6) is 0 Å². The summed E-state index contributed by atoms with van der Waals surface area (Å²) in [5.41, 5.74) is 2.45. The number of halogens is 1. The van der Waals surface area contributed by atoms with E-state index in [1.165, 1.54) is 11.3 Å². The van der Waals surface area contributed by atoms with Gasteiger partial charge in [0.2, 0.25) is 0 Å². The van der Waals surface area contributed by atoms with Crippen LogP contribution in [0.3, 0.4) is 0 Å². The molecule has 0 unspecified atom stereocenters. The molecule has 1 amide bonds. The van der Waals surface area contributed by atoms with Crippen LogP contribution in [0.25, 0.3) is 22.0 Å². The maximum Gasteiger partial charge on any atom is 0.258 e. The van der Waals surface area contributed by atoms with Gasteiger partial charge in [0.1, 0.15) is 0 Å². The molecule has 5 heteroatoms. The SMILES string of the molecule is O=C(Nc1nc(-c2ccccc2)cs1)c1cccc2c(Cl)cccc12. The molecule has 0 aliphatic heterocycles. The van der Waals surface area contributed by atoms with E-state index >= 15 is 0 Å². The average Bonchev–Trinajstić information content (AvgIpc) is 3.11. The van der Waals surface area contributed by atoms with E-state index in [9.17, 15) is 4.79 Å². The lowest BCUT2D eigenvalue weighted by Gasteiger charge is -2.07. The number of carbonyl (C=O) groups excluding carboxylic acids is 1. The number of fused-ring (bicyclic) bond motifs is 1. The predicted octanol–water partition coefficient (Wildman–Crippen LogP) is 5.87. The second kappa shape index (κ2) is 6.67. The first-order valence-corrected chi connectivity index (χ1v) is 8.98. The van der Waals surface area contributed by atoms with Crippen LogP contribution in [0.4, 0.5) is 5.13 Å². The summed E-state index contributed by atoms with van der Waals surface area (Å²) >= 11 is 7.63. The Morgan fingerprint density at radius 3 is 2.52 bits per heavy atom. The molecule has 0 radical (unpaired) electrons. The van der Waals surface area contributed by atoms with E-state index in [1.807, 2.05) is 66.0 Å². The number of nitrogens with zero attached hydrogens (tertiary/aromatic N) is 1. The molecule has 3 aromatic carbocycles. The van der Waals surface area contributed by atoms with Crippen molar-refractivity contribution < 1.29 is 4.79 Å². The molecule has 4 aromatic rings. The Balaban J connectivity index is 1.63. The molecule has 1 N–H and O–H groups in total. The number of rotatable bonds is 3. The summed E-state index contributed by atoms with van der Waals surface area (Å²) in [6, 6.07) is 21.0. The van der Waals surface area contributed by atoms with Crippen LogP contribution in [0.1, 0.15) is 10.4 Å². The lowest BCUT2D eigenvalue weighted by Crippen LogP contribution is -2.12. The zero-order chi connectivity index (χ0) is 17.2. The molecule has 3 nitrogen and oxygen atoms in total. The van der Waals surface area contributed by atoms with Crippen LogP contribution in [0.2, 0.25) is 5.02 Å². The van der Waals surface area contributed by atoms with Crippen LogP contribution < -0.4 is 5.32 Å². The Kier molecular flexibility index (Phi) is 4.22. The highest BCUT2D eigenvalue weighted by molar-refractivity contribution is 7.14. The normalized spacial score (nSPS) is 10.8. The van der Waals surface area contributed by atoms with E-state index in [0.717, 1.165) is 22.0 Å². The molecule has 0 aliphatic rings. The Hall–Kier alpha value is -2.69. The number of benzene rings is 3. The fourth-order valence-electron chi connectivity index (χ4n) is 2.71. The number of anilines is 1. The Labute approximate surface area is 153 Å². The molecule has 1 heterocycles. The Morgan fingerprint density at radius 1 is 0.920 bits per heavy atom. The molecule has 122 valence electrons. The van der Waals surface area contributed by atoms with Gasteiger partial charge in [0.05, 0.1) is 5.69 Å². The van der Waals surface area contributed by atoms with Crippen LogP contribution in [-0.4, -0.2) is 10.9 Å². The number of hydrogen-bond acceptors (Lipinski definition) is 3. The van der Waals surface area contributed by atoms with Crippen molar-refractivity contribution in [1.82, 2.24) is 4.98 Å². The van der Waals surface area contributed by atoms with Gasteiger partial charge in [0, 0.05) is 26.9 Å². The lowest BCUT2D eigenvalue weighted by atomic mass is 10.0. The van der Waals surface area contributed by atoms with Crippen molar-refractivity contribution in [2.75, 3.05) is 5.32 Å². The van der Waals surface area contributed by atoms with Crippen LogP contribution >= 0.6 is 22.9 Å². The molecule has 0 saturated heterocycles. The van der Waals surface area contributed by atoms with Crippen molar-refractivity contribution in [3.05, 3.63) is 82.7 Å². The summed E-state index contributed by atoms with van der Waals surface area (Å²) in [6.45, 7) is 0. The molecule has 0 saturated carbocycles. The molecular weight excluding hydrogens is 352 g/mol. The molecule has 4 rings (SSSR count). The lowest BCUT2D eigenvalue weighted by molar-refractivity contribution is 0.102. The van der Waals surface area contributed by atoms with Gasteiger partial charge in [-0.15, -0.1) is 11.3 Å². The Bertz CT molecular complexity index is 1060.